The minimum Gasteiger partial charge on any atom is -0.490 e. The molecule has 0 aromatic heterocycles. The van der Waals surface area contributed by atoms with Crippen LogP contribution in [0.25, 0.3) is 11.1 Å². The van der Waals surface area contributed by atoms with E-state index in [1.807, 2.05) is 0 Å². The molecular weight excluding hydrogens is 298 g/mol. The highest BCUT2D eigenvalue weighted by Crippen LogP contribution is 2.36. The van der Waals surface area contributed by atoms with Gasteiger partial charge in [0.05, 0.1) is 6.10 Å². The molecule has 2 aromatic rings. The van der Waals surface area contributed by atoms with E-state index < -0.39 is 0 Å². The van der Waals surface area contributed by atoms with Crippen molar-refractivity contribution in [1.29, 1.82) is 0 Å². The second-order valence-electron chi connectivity index (χ2n) is 7.02. The predicted molar refractivity (Wildman–Crippen MR) is 96.3 cm³/mol. The Morgan fingerprint density at radius 2 is 1.75 bits per heavy atom. The normalized spacial score (nSPS) is 19.9. The van der Waals surface area contributed by atoms with Gasteiger partial charge in [0.2, 0.25) is 0 Å². The van der Waals surface area contributed by atoms with Gasteiger partial charge in [0.15, 0.2) is 0 Å². The molecule has 4 rings (SSSR count). The van der Waals surface area contributed by atoms with Crippen LogP contribution in [-0.2, 0) is 10.2 Å². The van der Waals surface area contributed by atoms with Crippen molar-refractivity contribution in [3.8, 4) is 16.9 Å². The highest BCUT2D eigenvalue weighted by Gasteiger charge is 2.33. The van der Waals surface area contributed by atoms with Crippen LogP contribution in [0.4, 0.5) is 0 Å². The molecule has 1 saturated heterocycles. The fraction of sp³-hybridized carbons (Fsp3) is 0.429. The van der Waals surface area contributed by atoms with Crippen molar-refractivity contribution < 1.29 is 9.47 Å². The predicted octanol–water partition coefficient (Wildman–Crippen LogP) is 3.90. The minimum absolute atomic E-state index is 0.0588. The number of nitrogens with two attached hydrogens (primary N) is 1. The first kappa shape index (κ1) is 15.7. The first-order valence-corrected chi connectivity index (χ1v) is 8.95. The topological polar surface area (TPSA) is 44.5 Å². The summed E-state index contributed by atoms with van der Waals surface area (Å²) in [6.45, 7) is 2.28. The van der Waals surface area contributed by atoms with Crippen LogP contribution in [0.1, 0.15) is 31.2 Å². The number of ether oxygens (including phenoxy) is 2. The Morgan fingerprint density at radius 1 is 1.00 bits per heavy atom. The van der Waals surface area contributed by atoms with Crippen LogP contribution < -0.4 is 10.5 Å². The molecule has 0 radical (unpaired) electrons. The summed E-state index contributed by atoms with van der Waals surface area (Å²) in [7, 11) is 0. The molecule has 2 aromatic carbocycles. The maximum atomic E-state index is 6.16. The fourth-order valence-corrected chi connectivity index (χ4v) is 3.51. The lowest BCUT2D eigenvalue weighted by molar-refractivity contribution is 0.0530. The van der Waals surface area contributed by atoms with Gasteiger partial charge in [-0.1, -0.05) is 36.4 Å². The average molecular weight is 323 g/mol. The van der Waals surface area contributed by atoms with Gasteiger partial charge in [-0.15, -0.1) is 0 Å². The first-order valence-electron chi connectivity index (χ1n) is 8.95. The molecule has 0 atom stereocenters. The lowest BCUT2D eigenvalue weighted by atomic mass is 9.73. The van der Waals surface area contributed by atoms with E-state index in [9.17, 15) is 0 Å². The zero-order valence-electron chi connectivity index (χ0n) is 14.0. The van der Waals surface area contributed by atoms with Crippen LogP contribution in [0.3, 0.4) is 0 Å². The Kier molecular flexibility index (Phi) is 4.30. The van der Waals surface area contributed by atoms with E-state index in [4.69, 9.17) is 15.2 Å². The molecule has 0 bridgehead atoms. The highest BCUT2D eigenvalue weighted by atomic mass is 16.5. The maximum Gasteiger partial charge on any atom is 0.119 e. The van der Waals surface area contributed by atoms with Gasteiger partial charge in [0.25, 0.3) is 0 Å². The van der Waals surface area contributed by atoms with Crippen LogP contribution in [0, 0.1) is 0 Å². The molecule has 3 nitrogen and oxygen atoms in total. The van der Waals surface area contributed by atoms with E-state index in [2.05, 4.69) is 48.5 Å². The third kappa shape index (κ3) is 3.19. The van der Waals surface area contributed by atoms with Gasteiger partial charge in [-0.2, -0.15) is 0 Å². The summed E-state index contributed by atoms with van der Waals surface area (Å²) in [6, 6.07) is 17.3. The molecule has 24 heavy (non-hydrogen) atoms. The lowest BCUT2D eigenvalue weighted by Crippen LogP contribution is -2.40. The smallest absolute Gasteiger partial charge is 0.119 e. The molecule has 1 heterocycles. The van der Waals surface area contributed by atoms with Gasteiger partial charge in [-0.25, -0.2) is 0 Å². The highest BCUT2D eigenvalue weighted by molar-refractivity contribution is 5.65. The minimum atomic E-state index is 0.0588. The van der Waals surface area contributed by atoms with E-state index >= 15 is 0 Å². The molecular formula is C21H25NO2. The third-order valence-corrected chi connectivity index (χ3v) is 5.33. The summed E-state index contributed by atoms with van der Waals surface area (Å²) >= 11 is 0. The van der Waals surface area contributed by atoms with E-state index in [1.54, 1.807) is 0 Å². The SMILES string of the molecule is NCC1(c2cccc(-c3ccc(OC4CC4)cc3)c2)CCOCC1. The van der Waals surface area contributed by atoms with Crippen molar-refractivity contribution in [2.45, 2.75) is 37.2 Å². The molecule has 126 valence electrons. The standard InChI is InChI=1S/C21H25NO2/c22-15-21(10-12-23-13-11-21)18-3-1-2-17(14-18)16-4-6-19(7-5-16)24-20-8-9-20/h1-7,14,20H,8-13,15,22H2. The van der Waals surface area contributed by atoms with Gasteiger partial charge in [0.1, 0.15) is 5.75 Å². The van der Waals surface area contributed by atoms with Crippen LogP contribution in [0.2, 0.25) is 0 Å². The molecule has 1 aliphatic heterocycles. The van der Waals surface area contributed by atoms with E-state index in [0.717, 1.165) is 31.8 Å². The Bertz CT molecular complexity index is 685. The monoisotopic (exact) mass is 323 g/mol. The molecule has 0 unspecified atom stereocenters. The average Bonchev–Trinajstić information content (AvgIpc) is 3.47. The molecule has 0 amide bonds. The van der Waals surface area contributed by atoms with Crippen LogP contribution in [0.5, 0.6) is 5.75 Å². The van der Waals surface area contributed by atoms with Gasteiger partial charge in [-0.3, -0.25) is 0 Å². The summed E-state index contributed by atoms with van der Waals surface area (Å²) in [5.74, 6) is 0.972. The van der Waals surface area contributed by atoms with Crippen molar-refractivity contribution in [2.75, 3.05) is 19.8 Å². The lowest BCUT2D eigenvalue weighted by Gasteiger charge is -2.37. The van der Waals surface area contributed by atoms with Crippen LogP contribution in [0.15, 0.2) is 48.5 Å². The first-order chi connectivity index (χ1) is 11.8. The van der Waals surface area contributed by atoms with E-state index in [-0.39, 0.29) is 5.41 Å². The van der Waals surface area contributed by atoms with E-state index in [0.29, 0.717) is 12.6 Å². The van der Waals surface area contributed by atoms with Gasteiger partial charge in [0, 0.05) is 25.2 Å². The van der Waals surface area contributed by atoms with E-state index in [1.165, 1.54) is 29.5 Å². The number of rotatable bonds is 5. The molecule has 3 heteroatoms. The quantitative estimate of drug-likeness (QED) is 0.907. The summed E-state index contributed by atoms with van der Waals surface area (Å²) < 4.78 is 11.4. The van der Waals surface area contributed by atoms with Crippen LogP contribution in [-0.4, -0.2) is 25.9 Å². The Labute approximate surface area is 143 Å². The number of benzene rings is 2. The van der Waals surface area contributed by atoms with Crippen molar-refractivity contribution in [3.05, 3.63) is 54.1 Å². The zero-order valence-corrected chi connectivity index (χ0v) is 14.0. The van der Waals surface area contributed by atoms with Crippen molar-refractivity contribution >= 4 is 0 Å². The van der Waals surface area contributed by atoms with Crippen molar-refractivity contribution in [3.63, 3.8) is 0 Å². The summed E-state index contributed by atoms with van der Waals surface area (Å²) in [5, 5.41) is 0. The van der Waals surface area contributed by atoms with Crippen molar-refractivity contribution in [1.82, 2.24) is 0 Å². The maximum absolute atomic E-state index is 6.16. The van der Waals surface area contributed by atoms with Gasteiger partial charge < -0.3 is 15.2 Å². The molecule has 0 spiro atoms. The molecule has 2 aliphatic rings. The van der Waals surface area contributed by atoms with Crippen molar-refractivity contribution in [2.24, 2.45) is 5.73 Å². The largest absolute Gasteiger partial charge is 0.490 e. The molecule has 1 aliphatic carbocycles. The number of hydrogen-bond donors (Lipinski definition) is 1. The van der Waals surface area contributed by atoms with Gasteiger partial charge in [-0.05, 0) is 54.5 Å². The second kappa shape index (κ2) is 6.58. The Balaban J connectivity index is 1.59. The summed E-state index contributed by atoms with van der Waals surface area (Å²) in [4.78, 5) is 0. The Hall–Kier alpha value is -1.84. The summed E-state index contributed by atoms with van der Waals surface area (Å²) in [5.41, 5.74) is 10.0. The second-order valence-corrected chi connectivity index (χ2v) is 7.02. The van der Waals surface area contributed by atoms with Gasteiger partial charge >= 0.3 is 0 Å². The Morgan fingerprint density at radius 3 is 2.42 bits per heavy atom. The third-order valence-electron chi connectivity index (χ3n) is 5.33. The zero-order chi connectivity index (χ0) is 16.4. The molecule has 1 saturated carbocycles. The van der Waals surface area contributed by atoms with Crippen LogP contribution >= 0.6 is 0 Å². The molecule has 2 N–H and O–H groups in total. The fourth-order valence-electron chi connectivity index (χ4n) is 3.51. The number of hydrogen-bond acceptors (Lipinski definition) is 3. The molecule has 2 fully saturated rings. The summed E-state index contributed by atoms with van der Waals surface area (Å²) in [6.07, 6.45) is 4.82.